The van der Waals surface area contributed by atoms with Gasteiger partial charge < -0.3 is 10.3 Å². The van der Waals surface area contributed by atoms with Crippen molar-refractivity contribution >= 4 is 32.5 Å². The third-order valence-corrected chi connectivity index (χ3v) is 5.31. The Morgan fingerprint density at radius 3 is 2.58 bits per heavy atom. The van der Waals surface area contributed by atoms with Gasteiger partial charge in [-0.15, -0.1) is 5.10 Å². The van der Waals surface area contributed by atoms with Gasteiger partial charge in [-0.2, -0.15) is 0 Å². The lowest BCUT2D eigenvalue weighted by Crippen LogP contribution is -2.18. The highest BCUT2D eigenvalue weighted by molar-refractivity contribution is 7.20. The number of aromatic nitrogens is 5. The molecule has 0 aliphatic rings. The molecule has 3 heterocycles. The molecule has 7 heteroatoms. The van der Waals surface area contributed by atoms with E-state index >= 15 is 0 Å². The van der Waals surface area contributed by atoms with E-state index < -0.39 is 0 Å². The number of para-hydroxylation sites is 2. The average molecular weight is 369 g/mol. The zero-order valence-corrected chi connectivity index (χ0v) is 16.6. The molecule has 4 rings (SSSR count). The third-order valence-electron chi connectivity index (χ3n) is 4.46. The summed E-state index contributed by atoms with van der Waals surface area (Å²) in [6.45, 7) is 10.8. The van der Waals surface area contributed by atoms with Crippen LogP contribution in [0.4, 0.5) is 5.13 Å². The summed E-state index contributed by atoms with van der Waals surface area (Å²) in [6, 6.07) is 8.16. The van der Waals surface area contributed by atoms with Gasteiger partial charge in [0.15, 0.2) is 0 Å². The zero-order chi connectivity index (χ0) is 18.5. The molecule has 0 bridgehead atoms. The van der Waals surface area contributed by atoms with Gasteiger partial charge in [0.25, 0.3) is 0 Å². The summed E-state index contributed by atoms with van der Waals surface area (Å²) >= 11 is 1.57. The molecular weight excluding hydrogens is 344 g/mol. The quantitative estimate of drug-likeness (QED) is 0.544. The van der Waals surface area contributed by atoms with Crippen LogP contribution in [0.15, 0.2) is 30.5 Å². The van der Waals surface area contributed by atoms with Gasteiger partial charge in [0.1, 0.15) is 5.82 Å². The predicted octanol–water partition coefficient (Wildman–Crippen LogP) is 4.77. The summed E-state index contributed by atoms with van der Waals surface area (Å²) in [4.78, 5) is 13.8. The van der Waals surface area contributed by atoms with E-state index in [0.717, 1.165) is 32.6 Å². The fourth-order valence-corrected chi connectivity index (χ4v) is 3.74. The predicted molar refractivity (Wildman–Crippen MR) is 107 cm³/mol. The van der Waals surface area contributed by atoms with Crippen molar-refractivity contribution in [2.75, 3.05) is 5.32 Å². The molecule has 4 aromatic rings. The molecule has 0 aliphatic carbocycles. The van der Waals surface area contributed by atoms with Crippen molar-refractivity contribution in [2.45, 2.75) is 46.1 Å². The number of hydrogen-bond donors (Lipinski definition) is 2. The van der Waals surface area contributed by atoms with E-state index in [1.54, 1.807) is 11.3 Å². The monoisotopic (exact) mass is 368 g/mol. The molecule has 6 nitrogen and oxygen atoms in total. The largest absolute Gasteiger partial charge is 0.350 e. The molecule has 0 aliphatic heterocycles. The maximum absolute atomic E-state index is 4.75. The van der Waals surface area contributed by atoms with Crippen molar-refractivity contribution in [3.05, 3.63) is 42.0 Å². The van der Waals surface area contributed by atoms with Gasteiger partial charge in [0.2, 0.25) is 10.1 Å². The van der Waals surface area contributed by atoms with Crippen molar-refractivity contribution in [2.24, 2.45) is 5.92 Å². The maximum atomic E-state index is 4.75. The normalized spacial score (nSPS) is 13.8. The number of imidazole rings is 2. The van der Waals surface area contributed by atoms with Gasteiger partial charge in [-0.05, 0) is 18.1 Å². The van der Waals surface area contributed by atoms with Crippen LogP contribution in [0.1, 0.15) is 52.2 Å². The molecule has 3 aromatic heterocycles. The second-order valence-electron chi connectivity index (χ2n) is 8.02. The molecule has 0 unspecified atom stereocenters. The minimum atomic E-state index is 0.0236. The SMILES string of the molecule is CC(C)[C@@H](Nc1nn2cc(C(C)(C)C)nc2s1)c1nc2ccccc2[nH]1. The summed E-state index contributed by atoms with van der Waals surface area (Å²) in [5.41, 5.74) is 3.12. The molecule has 136 valence electrons. The second kappa shape index (κ2) is 6.09. The van der Waals surface area contributed by atoms with Crippen molar-refractivity contribution in [3.63, 3.8) is 0 Å². The summed E-state index contributed by atoms with van der Waals surface area (Å²) < 4.78 is 1.86. The fraction of sp³-hybridized carbons (Fsp3) is 0.421. The van der Waals surface area contributed by atoms with Crippen LogP contribution in [0, 0.1) is 5.92 Å². The lowest BCUT2D eigenvalue weighted by molar-refractivity contribution is 0.525. The van der Waals surface area contributed by atoms with Gasteiger partial charge in [0.05, 0.1) is 29.0 Å². The highest BCUT2D eigenvalue weighted by Crippen LogP contribution is 2.30. The lowest BCUT2D eigenvalue weighted by atomic mass is 9.93. The van der Waals surface area contributed by atoms with Crippen LogP contribution < -0.4 is 5.32 Å². The molecule has 0 spiro atoms. The van der Waals surface area contributed by atoms with Crippen LogP contribution in [0.25, 0.3) is 16.0 Å². The smallest absolute Gasteiger partial charge is 0.214 e. The maximum Gasteiger partial charge on any atom is 0.214 e. The molecule has 0 radical (unpaired) electrons. The zero-order valence-electron chi connectivity index (χ0n) is 15.7. The minimum Gasteiger partial charge on any atom is -0.350 e. The molecule has 0 saturated carbocycles. The molecular formula is C19H24N6S. The number of hydrogen-bond acceptors (Lipinski definition) is 5. The fourth-order valence-electron chi connectivity index (χ4n) is 2.92. The third kappa shape index (κ3) is 3.07. The summed E-state index contributed by atoms with van der Waals surface area (Å²) in [5.74, 6) is 1.29. The lowest BCUT2D eigenvalue weighted by Gasteiger charge is -2.19. The van der Waals surface area contributed by atoms with Gasteiger partial charge in [-0.25, -0.2) is 14.5 Å². The summed E-state index contributed by atoms with van der Waals surface area (Å²) in [7, 11) is 0. The highest BCUT2D eigenvalue weighted by atomic mass is 32.1. The number of fused-ring (bicyclic) bond motifs is 2. The number of nitrogens with one attached hydrogen (secondary N) is 2. The number of H-pyrrole nitrogens is 1. The van der Waals surface area contributed by atoms with Crippen LogP contribution in [0.3, 0.4) is 0 Å². The van der Waals surface area contributed by atoms with E-state index in [4.69, 9.17) is 9.97 Å². The Morgan fingerprint density at radius 1 is 1.15 bits per heavy atom. The van der Waals surface area contributed by atoms with Gasteiger partial charge in [0, 0.05) is 5.41 Å². The second-order valence-corrected chi connectivity index (χ2v) is 8.97. The van der Waals surface area contributed by atoms with Crippen LogP contribution >= 0.6 is 11.3 Å². The van der Waals surface area contributed by atoms with Gasteiger partial charge >= 0.3 is 0 Å². The van der Waals surface area contributed by atoms with E-state index in [1.807, 2.05) is 28.9 Å². The first-order valence-electron chi connectivity index (χ1n) is 8.89. The number of benzene rings is 1. The Labute approximate surface area is 156 Å². The number of aromatic amines is 1. The molecule has 26 heavy (non-hydrogen) atoms. The van der Waals surface area contributed by atoms with E-state index in [9.17, 15) is 0 Å². The first-order chi connectivity index (χ1) is 12.3. The van der Waals surface area contributed by atoms with Crippen molar-refractivity contribution in [3.8, 4) is 0 Å². The van der Waals surface area contributed by atoms with E-state index in [2.05, 4.69) is 56.1 Å². The minimum absolute atomic E-state index is 0.0236. The standard InChI is InChI=1S/C19H24N6S/c1-11(2)15(16-20-12-8-6-7-9-13(12)21-16)23-17-24-25-10-14(19(3,4)5)22-18(25)26-17/h6-11,15H,1-5H3,(H,20,21)(H,23,24)/t15-/m1/s1. The first-order valence-corrected chi connectivity index (χ1v) is 9.71. The van der Waals surface area contributed by atoms with E-state index in [-0.39, 0.29) is 11.5 Å². The summed E-state index contributed by atoms with van der Waals surface area (Å²) in [5, 5.41) is 9.06. The van der Waals surface area contributed by atoms with Crippen LogP contribution in [0.2, 0.25) is 0 Å². The van der Waals surface area contributed by atoms with E-state index in [0.29, 0.717) is 5.92 Å². The number of anilines is 1. The van der Waals surface area contributed by atoms with Crippen molar-refractivity contribution < 1.29 is 0 Å². The Morgan fingerprint density at radius 2 is 1.92 bits per heavy atom. The number of rotatable bonds is 4. The van der Waals surface area contributed by atoms with Gasteiger partial charge in [-0.3, -0.25) is 0 Å². The molecule has 2 N–H and O–H groups in total. The summed E-state index contributed by atoms with van der Waals surface area (Å²) in [6.07, 6.45) is 2.02. The topological polar surface area (TPSA) is 70.9 Å². The van der Waals surface area contributed by atoms with Crippen LogP contribution in [-0.2, 0) is 5.41 Å². The molecule has 0 saturated heterocycles. The van der Waals surface area contributed by atoms with Crippen molar-refractivity contribution in [1.82, 2.24) is 24.6 Å². The molecule has 1 aromatic carbocycles. The van der Waals surface area contributed by atoms with Crippen LogP contribution in [0.5, 0.6) is 0 Å². The Hall–Kier alpha value is -2.41. The molecule has 0 fully saturated rings. The first kappa shape index (κ1) is 17.0. The Kier molecular flexibility index (Phi) is 3.99. The van der Waals surface area contributed by atoms with E-state index in [1.165, 1.54) is 0 Å². The Bertz CT molecular complexity index is 984. The van der Waals surface area contributed by atoms with Gasteiger partial charge in [-0.1, -0.05) is 58.1 Å². The van der Waals surface area contributed by atoms with Crippen LogP contribution in [-0.4, -0.2) is 24.6 Å². The molecule has 1 atom stereocenters. The number of nitrogens with zero attached hydrogens (tertiary/aromatic N) is 4. The molecule has 0 amide bonds. The average Bonchev–Trinajstić information content (AvgIpc) is 3.23. The van der Waals surface area contributed by atoms with Crippen molar-refractivity contribution in [1.29, 1.82) is 0 Å². The highest BCUT2D eigenvalue weighted by Gasteiger charge is 2.23. The Balaban J connectivity index is 1.64.